The Bertz CT molecular complexity index is 585. The number of H-pyrrole nitrogens is 1. The van der Waals surface area contributed by atoms with Crippen LogP contribution in [0.1, 0.15) is 46.0 Å². The van der Waals surface area contributed by atoms with E-state index >= 15 is 0 Å². The van der Waals surface area contributed by atoms with Crippen LogP contribution in [0, 0.1) is 5.92 Å². The van der Waals surface area contributed by atoms with Crippen LogP contribution in [-0.2, 0) is 0 Å². The van der Waals surface area contributed by atoms with Crippen molar-refractivity contribution in [1.29, 1.82) is 0 Å². The highest BCUT2D eigenvalue weighted by molar-refractivity contribution is 5.87. The lowest BCUT2D eigenvalue weighted by atomic mass is 9.87. The van der Waals surface area contributed by atoms with Crippen molar-refractivity contribution in [2.75, 3.05) is 17.2 Å². The largest absolute Gasteiger partial charge is 0.367 e. The summed E-state index contributed by atoms with van der Waals surface area (Å²) in [5.41, 5.74) is 0.787. The van der Waals surface area contributed by atoms with Gasteiger partial charge in [0.15, 0.2) is 5.65 Å². The molecule has 6 heteroatoms. The second-order valence-corrected chi connectivity index (χ2v) is 6.06. The van der Waals surface area contributed by atoms with Crippen molar-refractivity contribution in [3.05, 3.63) is 6.20 Å². The summed E-state index contributed by atoms with van der Waals surface area (Å²) in [6.07, 6.45) is 7.85. The van der Waals surface area contributed by atoms with Crippen molar-refractivity contribution in [3.63, 3.8) is 0 Å². The third-order valence-electron chi connectivity index (χ3n) is 4.20. The van der Waals surface area contributed by atoms with Gasteiger partial charge >= 0.3 is 0 Å². The third kappa shape index (κ3) is 3.25. The van der Waals surface area contributed by atoms with Crippen LogP contribution in [0.5, 0.6) is 0 Å². The lowest BCUT2D eigenvalue weighted by Gasteiger charge is -2.27. The van der Waals surface area contributed by atoms with Crippen LogP contribution < -0.4 is 10.6 Å². The number of hydrogen-bond donors (Lipinski definition) is 3. The number of hydrogen-bond acceptors (Lipinski definition) is 5. The predicted molar refractivity (Wildman–Crippen MR) is 85.5 cm³/mol. The van der Waals surface area contributed by atoms with Gasteiger partial charge in [-0.15, -0.1) is 0 Å². The van der Waals surface area contributed by atoms with Gasteiger partial charge in [0.05, 0.1) is 11.6 Å². The monoisotopic (exact) mass is 288 g/mol. The zero-order valence-electron chi connectivity index (χ0n) is 12.8. The van der Waals surface area contributed by atoms with Gasteiger partial charge in [-0.2, -0.15) is 15.1 Å². The minimum atomic E-state index is 0.508. The highest BCUT2D eigenvalue weighted by Gasteiger charge is 2.20. The van der Waals surface area contributed by atoms with Crippen molar-refractivity contribution in [2.24, 2.45) is 5.92 Å². The molecule has 0 saturated heterocycles. The highest BCUT2D eigenvalue weighted by atomic mass is 15.2. The van der Waals surface area contributed by atoms with Crippen LogP contribution in [0.25, 0.3) is 11.0 Å². The molecule has 0 radical (unpaired) electrons. The molecule has 0 unspecified atom stereocenters. The zero-order chi connectivity index (χ0) is 14.7. The van der Waals surface area contributed by atoms with E-state index in [2.05, 4.69) is 44.6 Å². The molecule has 1 fully saturated rings. The molecule has 0 amide bonds. The summed E-state index contributed by atoms with van der Waals surface area (Å²) in [7, 11) is 0. The van der Waals surface area contributed by atoms with E-state index in [1.54, 1.807) is 6.20 Å². The molecule has 1 aliphatic carbocycles. The van der Waals surface area contributed by atoms with Crippen molar-refractivity contribution >= 4 is 22.8 Å². The molecule has 0 bridgehead atoms. The number of aromatic nitrogens is 4. The van der Waals surface area contributed by atoms with Crippen LogP contribution >= 0.6 is 0 Å². The standard InChI is InChI=1S/C15H24N6/c1-3-8-16-15-19-13(12-9-17-21-14(12)20-15)18-11-6-4-10(2)5-7-11/h9-11H,3-8H2,1-2H3,(H3,16,17,18,19,20,21). The van der Waals surface area contributed by atoms with Gasteiger partial charge in [0.1, 0.15) is 5.82 Å². The van der Waals surface area contributed by atoms with E-state index < -0.39 is 0 Å². The number of rotatable bonds is 5. The van der Waals surface area contributed by atoms with Crippen LogP contribution in [0.3, 0.4) is 0 Å². The SMILES string of the molecule is CCCNc1nc(NC2CCC(C)CC2)c2cn[nH]c2n1. The first kappa shape index (κ1) is 14.1. The smallest absolute Gasteiger partial charge is 0.226 e. The summed E-state index contributed by atoms with van der Waals surface area (Å²) in [6.45, 7) is 5.34. The molecule has 21 heavy (non-hydrogen) atoms. The quantitative estimate of drug-likeness (QED) is 0.787. The Morgan fingerprint density at radius 3 is 2.81 bits per heavy atom. The molecule has 0 aliphatic heterocycles. The first-order valence-corrected chi connectivity index (χ1v) is 7.97. The normalized spacial score (nSPS) is 22.4. The Balaban J connectivity index is 1.80. The first-order valence-electron chi connectivity index (χ1n) is 7.97. The summed E-state index contributed by atoms with van der Waals surface area (Å²) in [5.74, 6) is 2.41. The van der Waals surface area contributed by atoms with E-state index in [1.165, 1.54) is 25.7 Å². The van der Waals surface area contributed by atoms with Gasteiger partial charge in [0.2, 0.25) is 5.95 Å². The minimum absolute atomic E-state index is 0.508. The summed E-state index contributed by atoms with van der Waals surface area (Å²) >= 11 is 0. The minimum Gasteiger partial charge on any atom is -0.367 e. The molecule has 2 heterocycles. The Hall–Kier alpha value is -1.85. The Morgan fingerprint density at radius 2 is 2.05 bits per heavy atom. The maximum atomic E-state index is 4.63. The fourth-order valence-electron chi connectivity index (χ4n) is 2.86. The summed E-state index contributed by atoms with van der Waals surface area (Å²) in [4.78, 5) is 9.09. The van der Waals surface area contributed by atoms with E-state index in [0.29, 0.717) is 12.0 Å². The maximum absolute atomic E-state index is 4.63. The molecule has 2 aromatic rings. The average Bonchev–Trinajstić information content (AvgIpc) is 2.96. The molecule has 3 N–H and O–H groups in total. The number of nitrogens with zero attached hydrogens (tertiary/aromatic N) is 3. The second kappa shape index (κ2) is 6.28. The maximum Gasteiger partial charge on any atom is 0.226 e. The predicted octanol–water partition coefficient (Wildman–Crippen LogP) is 3.17. The molecule has 2 aromatic heterocycles. The van der Waals surface area contributed by atoms with E-state index in [9.17, 15) is 0 Å². The van der Waals surface area contributed by atoms with Crippen molar-refractivity contribution in [2.45, 2.75) is 52.0 Å². The molecule has 114 valence electrons. The summed E-state index contributed by atoms with van der Waals surface area (Å²) in [6, 6.07) is 0.508. The number of nitrogens with one attached hydrogen (secondary N) is 3. The van der Waals surface area contributed by atoms with Gasteiger partial charge in [-0.1, -0.05) is 13.8 Å². The number of fused-ring (bicyclic) bond motifs is 1. The van der Waals surface area contributed by atoms with Crippen LogP contribution in [-0.4, -0.2) is 32.8 Å². The molecule has 0 atom stereocenters. The van der Waals surface area contributed by atoms with Gasteiger partial charge in [-0.25, -0.2) is 0 Å². The van der Waals surface area contributed by atoms with Crippen LogP contribution in [0.15, 0.2) is 6.20 Å². The number of anilines is 2. The van der Waals surface area contributed by atoms with Crippen LogP contribution in [0.4, 0.5) is 11.8 Å². The lowest BCUT2D eigenvalue weighted by Crippen LogP contribution is -2.26. The molecule has 1 aliphatic rings. The first-order chi connectivity index (χ1) is 10.3. The number of aromatic amines is 1. The van der Waals surface area contributed by atoms with E-state index in [0.717, 1.165) is 35.7 Å². The van der Waals surface area contributed by atoms with Crippen LogP contribution in [0.2, 0.25) is 0 Å². The van der Waals surface area contributed by atoms with Gasteiger partial charge in [0.25, 0.3) is 0 Å². The molecule has 0 aromatic carbocycles. The fraction of sp³-hybridized carbons (Fsp3) is 0.667. The molecule has 0 spiro atoms. The highest BCUT2D eigenvalue weighted by Crippen LogP contribution is 2.28. The van der Waals surface area contributed by atoms with E-state index in [1.807, 2.05) is 0 Å². The van der Waals surface area contributed by atoms with E-state index in [4.69, 9.17) is 0 Å². The molecular weight excluding hydrogens is 264 g/mol. The molecule has 6 nitrogen and oxygen atoms in total. The Labute approximate surface area is 125 Å². The third-order valence-corrected chi connectivity index (χ3v) is 4.20. The van der Waals surface area contributed by atoms with Gasteiger partial charge in [-0.3, -0.25) is 5.10 Å². The van der Waals surface area contributed by atoms with Crippen molar-refractivity contribution in [3.8, 4) is 0 Å². The fourth-order valence-corrected chi connectivity index (χ4v) is 2.86. The molecule has 1 saturated carbocycles. The summed E-state index contributed by atoms with van der Waals surface area (Å²) in [5, 5.41) is 14.8. The second-order valence-electron chi connectivity index (χ2n) is 6.06. The average molecular weight is 288 g/mol. The van der Waals surface area contributed by atoms with E-state index in [-0.39, 0.29) is 0 Å². The molecular formula is C15H24N6. The van der Waals surface area contributed by atoms with Crippen molar-refractivity contribution < 1.29 is 0 Å². The zero-order valence-corrected chi connectivity index (χ0v) is 12.8. The topological polar surface area (TPSA) is 78.5 Å². The lowest BCUT2D eigenvalue weighted by molar-refractivity contribution is 0.361. The molecule has 3 rings (SSSR count). The Kier molecular flexibility index (Phi) is 4.22. The van der Waals surface area contributed by atoms with Gasteiger partial charge in [-0.05, 0) is 38.0 Å². The van der Waals surface area contributed by atoms with Gasteiger partial charge in [0, 0.05) is 12.6 Å². The van der Waals surface area contributed by atoms with Crippen molar-refractivity contribution in [1.82, 2.24) is 20.2 Å². The Morgan fingerprint density at radius 1 is 1.24 bits per heavy atom. The summed E-state index contributed by atoms with van der Waals surface area (Å²) < 4.78 is 0. The van der Waals surface area contributed by atoms with Gasteiger partial charge < -0.3 is 10.6 Å².